The maximum atomic E-state index is 11.9. The van der Waals surface area contributed by atoms with Gasteiger partial charge in [0.05, 0.1) is 12.2 Å². The second-order valence-corrected chi connectivity index (χ2v) is 6.68. The molecule has 0 unspecified atom stereocenters. The van der Waals surface area contributed by atoms with Gasteiger partial charge in [0.15, 0.2) is 0 Å². The standard InChI is InChI=1S/C10H13N3O3S2/c1-6-7(2)16-9(13-6)4-12-18(14,15)10-3-8(11)5-17-10/h3,5,12H,4,11H2,1-2H3. The van der Waals surface area contributed by atoms with Crippen LogP contribution < -0.4 is 10.5 Å². The van der Waals surface area contributed by atoms with E-state index in [4.69, 9.17) is 10.2 Å². The largest absolute Gasteiger partial charge is 0.444 e. The van der Waals surface area contributed by atoms with Crippen LogP contribution in [0.3, 0.4) is 0 Å². The molecule has 8 heteroatoms. The first kappa shape index (κ1) is 13.1. The van der Waals surface area contributed by atoms with Crippen LogP contribution in [-0.2, 0) is 16.6 Å². The summed E-state index contributed by atoms with van der Waals surface area (Å²) in [6.07, 6.45) is 0. The molecule has 2 aromatic rings. The van der Waals surface area contributed by atoms with E-state index in [0.29, 0.717) is 17.3 Å². The minimum Gasteiger partial charge on any atom is -0.444 e. The van der Waals surface area contributed by atoms with Gasteiger partial charge in [-0.15, -0.1) is 11.3 Å². The van der Waals surface area contributed by atoms with E-state index in [1.807, 2.05) is 0 Å². The van der Waals surface area contributed by atoms with Gasteiger partial charge in [-0.3, -0.25) is 0 Å². The molecule has 0 saturated carbocycles. The van der Waals surface area contributed by atoms with Gasteiger partial charge < -0.3 is 10.2 Å². The quantitative estimate of drug-likeness (QED) is 0.886. The highest BCUT2D eigenvalue weighted by molar-refractivity contribution is 7.91. The number of anilines is 1. The van der Waals surface area contributed by atoms with E-state index in [1.54, 1.807) is 19.2 Å². The third kappa shape index (κ3) is 2.71. The van der Waals surface area contributed by atoms with Crippen LogP contribution in [0.15, 0.2) is 20.1 Å². The highest BCUT2D eigenvalue weighted by Gasteiger charge is 2.17. The topological polar surface area (TPSA) is 98.2 Å². The molecule has 2 aromatic heterocycles. The minimum absolute atomic E-state index is 0.0226. The lowest BCUT2D eigenvalue weighted by Crippen LogP contribution is -2.22. The van der Waals surface area contributed by atoms with Crippen molar-refractivity contribution in [3.63, 3.8) is 0 Å². The van der Waals surface area contributed by atoms with Gasteiger partial charge in [-0.25, -0.2) is 18.1 Å². The molecule has 0 aliphatic rings. The Labute approximate surface area is 109 Å². The van der Waals surface area contributed by atoms with Crippen molar-refractivity contribution in [2.24, 2.45) is 0 Å². The zero-order valence-corrected chi connectivity index (χ0v) is 11.6. The van der Waals surface area contributed by atoms with Crippen LogP contribution in [0.2, 0.25) is 0 Å². The summed E-state index contributed by atoms with van der Waals surface area (Å²) in [4.78, 5) is 4.10. The molecule has 0 bridgehead atoms. The first-order valence-electron chi connectivity index (χ1n) is 5.15. The first-order chi connectivity index (χ1) is 8.38. The number of aryl methyl sites for hydroxylation is 2. The summed E-state index contributed by atoms with van der Waals surface area (Å²) < 4.78 is 31.7. The Morgan fingerprint density at radius 3 is 2.72 bits per heavy atom. The lowest BCUT2D eigenvalue weighted by Gasteiger charge is -2.01. The van der Waals surface area contributed by atoms with Gasteiger partial charge in [-0.1, -0.05) is 0 Å². The molecular formula is C10H13N3O3S2. The number of nitrogen functional groups attached to an aromatic ring is 1. The predicted molar refractivity (Wildman–Crippen MR) is 68.7 cm³/mol. The monoisotopic (exact) mass is 287 g/mol. The van der Waals surface area contributed by atoms with Crippen LogP contribution in [0.1, 0.15) is 17.3 Å². The lowest BCUT2D eigenvalue weighted by atomic mass is 10.4. The summed E-state index contributed by atoms with van der Waals surface area (Å²) in [6, 6.07) is 1.42. The van der Waals surface area contributed by atoms with Crippen molar-refractivity contribution in [1.29, 1.82) is 0 Å². The molecule has 0 aliphatic carbocycles. The van der Waals surface area contributed by atoms with E-state index in [1.165, 1.54) is 6.07 Å². The van der Waals surface area contributed by atoms with Crippen LogP contribution in [0.4, 0.5) is 5.69 Å². The minimum atomic E-state index is -3.55. The normalized spacial score (nSPS) is 11.9. The second kappa shape index (κ2) is 4.71. The highest BCUT2D eigenvalue weighted by Crippen LogP contribution is 2.21. The van der Waals surface area contributed by atoms with Gasteiger partial charge in [-0.2, -0.15) is 0 Å². The fourth-order valence-corrected chi connectivity index (χ4v) is 3.41. The van der Waals surface area contributed by atoms with E-state index in [9.17, 15) is 8.42 Å². The average molecular weight is 287 g/mol. The smallest absolute Gasteiger partial charge is 0.250 e. The van der Waals surface area contributed by atoms with E-state index in [0.717, 1.165) is 17.0 Å². The summed E-state index contributed by atoms with van der Waals surface area (Å²) in [5.74, 6) is 1.03. The zero-order chi connectivity index (χ0) is 13.3. The molecule has 0 spiro atoms. The van der Waals surface area contributed by atoms with Crippen LogP contribution >= 0.6 is 11.3 Å². The summed E-state index contributed by atoms with van der Waals surface area (Å²) >= 11 is 1.07. The van der Waals surface area contributed by atoms with Crippen LogP contribution in [0.5, 0.6) is 0 Å². The third-order valence-electron chi connectivity index (χ3n) is 2.35. The molecule has 0 radical (unpaired) electrons. The van der Waals surface area contributed by atoms with Crippen molar-refractivity contribution in [3.8, 4) is 0 Å². The Hall–Kier alpha value is -1.38. The molecule has 0 atom stereocenters. The molecule has 0 saturated heterocycles. The van der Waals surface area contributed by atoms with Gasteiger partial charge in [0.25, 0.3) is 10.0 Å². The maximum Gasteiger partial charge on any atom is 0.250 e. The number of oxazole rings is 1. The Kier molecular flexibility index (Phi) is 3.42. The summed E-state index contributed by atoms with van der Waals surface area (Å²) in [5, 5.41) is 1.58. The Morgan fingerprint density at radius 1 is 1.50 bits per heavy atom. The van der Waals surface area contributed by atoms with Gasteiger partial charge in [0.1, 0.15) is 9.97 Å². The summed E-state index contributed by atoms with van der Waals surface area (Å²) in [7, 11) is -3.55. The molecule has 98 valence electrons. The van der Waals surface area contributed by atoms with Gasteiger partial charge >= 0.3 is 0 Å². The van der Waals surface area contributed by atoms with Crippen LogP contribution in [0, 0.1) is 13.8 Å². The fourth-order valence-electron chi connectivity index (χ4n) is 1.31. The number of hydrogen-bond donors (Lipinski definition) is 2. The average Bonchev–Trinajstić information content (AvgIpc) is 2.85. The van der Waals surface area contributed by atoms with Crippen molar-refractivity contribution in [3.05, 3.63) is 28.8 Å². The Morgan fingerprint density at radius 2 is 2.22 bits per heavy atom. The molecule has 0 aliphatic heterocycles. The molecule has 18 heavy (non-hydrogen) atoms. The van der Waals surface area contributed by atoms with Crippen molar-refractivity contribution in [1.82, 2.24) is 9.71 Å². The molecule has 0 amide bonds. The lowest BCUT2D eigenvalue weighted by molar-refractivity contribution is 0.463. The molecule has 6 nitrogen and oxygen atoms in total. The fraction of sp³-hybridized carbons (Fsp3) is 0.300. The van der Waals surface area contributed by atoms with Crippen LogP contribution in [-0.4, -0.2) is 13.4 Å². The summed E-state index contributed by atoms with van der Waals surface area (Å²) in [5.41, 5.74) is 6.68. The summed E-state index contributed by atoms with van der Waals surface area (Å²) in [6.45, 7) is 3.60. The molecule has 0 fully saturated rings. The number of nitrogens with two attached hydrogens (primary N) is 1. The maximum absolute atomic E-state index is 11.9. The number of nitrogens with zero attached hydrogens (tertiary/aromatic N) is 1. The van der Waals surface area contributed by atoms with Crippen molar-refractivity contribution >= 4 is 27.0 Å². The third-order valence-corrected chi connectivity index (χ3v) is 5.21. The molecule has 0 aromatic carbocycles. The SMILES string of the molecule is Cc1nc(CNS(=O)(=O)c2cc(N)cs2)oc1C. The number of sulfonamides is 1. The van der Waals surface area contributed by atoms with Gasteiger partial charge in [-0.05, 0) is 19.9 Å². The Balaban J connectivity index is 2.10. The number of nitrogens with one attached hydrogen (secondary N) is 1. The molecular weight excluding hydrogens is 274 g/mol. The van der Waals surface area contributed by atoms with Crippen molar-refractivity contribution in [2.75, 3.05) is 5.73 Å². The zero-order valence-electron chi connectivity index (χ0n) is 9.93. The molecule has 2 heterocycles. The van der Waals surface area contributed by atoms with Crippen LogP contribution in [0.25, 0.3) is 0 Å². The van der Waals surface area contributed by atoms with E-state index >= 15 is 0 Å². The first-order valence-corrected chi connectivity index (χ1v) is 7.51. The van der Waals surface area contributed by atoms with Crippen molar-refractivity contribution < 1.29 is 12.8 Å². The second-order valence-electron chi connectivity index (χ2n) is 3.77. The highest BCUT2D eigenvalue weighted by atomic mass is 32.2. The van der Waals surface area contributed by atoms with E-state index in [2.05, 4.69) is 9.71 Å². The number of aromatic nitrogens is 1. The van der Waals surface area contributed by atoms with Gasteiger partial charge in [0, 0.05) is 11.1 Å². The van der Waals surface area contributed by atoms with Crippen molar-refractivity contribution in [2.45, 2.75) is 24.6 Å². The Bertz CT molecular complexity index is 638. The molecule has 2 rings (SSSR count). The predicted octanol–water partition coefficient (Wildman–Crippen LogP) is 1.41. The number of rotatable bonds is 4. The number of thiophene rings is 1. The van der Waals surface area contributed by atoms with E-state index < -0.39 is 10.0 Å². The van der Waals surface area contributed by atoms with E-state index in [-0.39, 0.29) is 10.8 Å². The van der Waals surface area contributed by atoms with Gasteiger partial charge in [0.2, 0.25) is 5.89 Å². The molecule has 3 N–H and O–H groups in total. The number of hydrogen-bond acceptors (Lipinski definition) is 6.